The summed E-state index contributed by atoms with van der Waals surface area (Å²) in [6.45, 7) is 4.07. The summed E-state index contributed by atoms with van der Waals surface area (Å²) >= 11 is 3.19. The number of nitrogens with one attached hydrogen (secondary N) is 1. The molecule has 0 aliphatic carbocycles. The molecule has 18 heavy (non-hydrogen) atoms. The summed E-state index contributed by atoms with van der Waals surface area (Å²) in [6, 6.07) is 7.44. The number of para-hydroxylation sites is 1. The normalized spacial score (nSPS) is 10.4. The number of anilines is 2. The molecule has 1 N–H and O–H groups in total. The fourth-order valence-corrected chi connectivity index (χ4v) is 2.13. The molecule has 0 saturated heterocycles. The van der Waals surface area contributed by atoms with Crippen LogP contribution in [0.1, 0.15) is 18.1 Å². The fraction of sp³-hybridized carbons (Fsp3) is 0.214. The minimum Gasteiger partial charge on any atom is -0.337 e. The van der Waals surface area contributed by atoms with Crippen molar-refractivity contribution < 1.29 is 4.39 Å². The van der Waals surface area contributed by atoms with Crippen molar-refractivity contribution in [1.29, 1.82) is 0 Å². The van der Waals surface area contributed by atoms with E-state index in [1.165, 1.54) is 6.07 Å². The zero-order chi connectivity index (χ0) is 13.1. The van der Waals surface area contributed by atoms with Crippen molar-refractivity contribution in [2.24, 2.45) is 0 Å². The van der Waals surface area contributed by atoms with Crippen molar-refractivity contribution >= 4 is 27.4 Å². The Kier molecular flexibility index (Phi) is 3.97. The number of aromatic nitrogens is 1. The van der Waals surface area contributed by atoms with Crippen LogP contribution in [-0.2, 0) is 6.42 Å². The summed E-state index contributed by atoms with van der Waals surface area (Å²) in [5.74, 6) is -0.114. The third-order valence-electron chi connectivity index (χ3n) is 2.79. The lowest BCUT2D eigenvalue weighted by atomic mass is 10.1. The first kappa shape index (κ1) is 13.0. The molecule has 1 aromatic heterocycles. The summed E-state index contributed by atoms with van der Waals surface area (Å²) in [7, 11) is 0. The lowest BCUT2D eigenvalue weighted by molar-refractivity contribution is 0.625. The molecular weight excluding hydrogens is 295 g/mol. The molecule has 94 valence electrons. The van der Waals surface area contributed by atoms with E-state index in [0.717, 1.165) is 23.2 Å². The standard InChI is InChI=1S/C14H14BrFN2/c1-3-10-6-4-5-9(2)13(10)18-14-12(16)7-11(15)8-17-14/h4-8H,3H2,1-2H3,(H,17,18). The Balaban J connectivity index is 2.39. The van der Waals surface area contributed by atoms with Crippen LogP contribution in [0.3, 0.4) is 0 Å². The highest BCUT2D eigenvalue weighted by Crippen LogP contribution is 2.26. The van der Waals surface area contributed by atoms with E-state index in [4.69, 9.17) is 0 Å². The van der Waals surface area contributed by atoms with Crippen LogP contribution < -0.4 is 5.32 Å². The van der Waals surface area contributed by atoms with Gasteiger partial charge in [-0.25, -0.2) is 9.37 Å². The van der Waals surface area contributed by atoms with Crippen molar-refractivity contribution in [2.45, 2.75) is 20.3 Å². The quantitative estimate of drug-likeness (QED) is 0.896. The molecule has 0 saturated carbocycles. The molecular formula is C14H14BrFN2. The van der Waals surface area contributed by atoms with Gasteiger partial charge in [-0.2, -0.15) is 0 Å². The third-order valence-corrected chi connectivity index (χ3v) is 3.22. The second kappa shape index (κ2) is 5.48. The molecule has 0 radical (unpaired) electrons. The Bertz CT molecular complexity index is 570. The molecule has 0 fully saturated rings. The maximum Gasteiger partial charge on any atom is 0.166 e. The minimum absolute atomic E-state index is 0.252. The van der Waals surface area contributed by atoms with Crippen LogP contribution in [0.25, 0.3) is 0 Å². The van der Waals surface area contributed by atoms with Crippen molar-refractivity contribution in [1.82, 2.24) is 4.98 Å². The van der Waals surface area contributed by atoms with Crippen LogP contribution in [0.5, 0.6) is 0 Å². The summed E-state index contributed by atoms with van der Waals surface area (Å²) in [6.07, 6.45) is 2.47. The van der Waals surface area contributed by atoms with Crippen molar-refractivity contribution in [3.8, 4) is 0 Å². The Morgan fingerprint density at radius 3 is 2.83 bits per heavy atom. The lowest BCUT2D eigenvalue weighted by Gasteiger charge is -2.13. The molecule has 1 heterocycles. The van der Waals surface area contributed by atoms with Gasteiger partial charge < -0.3 is 5.32 Å². The largest absolute Gasteiger partial charge is 0.337 e. The topological polar surface area (TPSA) is 24.9 Å². The molecule has 2 rings (SSSR count). The van der Waals surface area contributed by atoms with Gasteiger partial charge in [-0.15, -0.1) is 0 Å². The van der Waals surface area contributed by atoms with Gasteiger partial charge in [0.2, 0.25) is 0 Å². The number of nitrogens with zero attached hydrogens (tertiary/aromatic N) is 1. The number of rotatable bonds is 3. The molecule has 0 aliphatic rings. The smallest absolute Gasteiger partial charge is 0.166 e. The number of halogens is 2. The van der Waals surface area contributed by atoms with Crippen LogP contribution >= 0.6 is 15.9 Å². The molecule has 2 aromatic rings. The molecule has 0 atom stereocenters. The summed E-state index contributed by atoms with van der Waals surface area (Å²) in [5.41, 5.74) is 3.17. The number of hydrogen-bond acceptors (Lipinski definition) is 2. The fourth-order valence-electron chi connectivity index (χ4n) is 1.83. The zero-order valence-corrected chi connectivity index (χ0v) is 11.9. The van der Waals surface area contributed by atoms with Crippen LogP contribution in [0.2, 0.25) is 0 Å². The Labute approximate surface area is 114 Å². The second-order valence-electron chi connectivity index (χ2n) is 4.07. The summed E-state index contributed by atoms with van der Waals surface area (Å²) in [4.78, 5) is 4.06. The van der Waals surface area contributed by atoms with Gasteiger partial charge in [0.1, 0.15) is 0 Å². The Morgan fingerprint density at radius 1 is 1.39 bits per heavy atom. The maximum absolute atomic E-state index is 13.7. The van der Waals surface area contributed by atoms with Crippen molar-refractivity contribution in [3.05, 3.63) is 51.9 Å². The van der Waals surface area contributed by atoms with Gasteiger partial charge >= 0.3 is 0 Å². The van der Waals surface area contributed by atoms with E-state index in [0.29, 0.717) is 4.47 Å². The lowest BCUT2D eigenvalue weighted by Crippen LogP contribution is -2.01. The van der Waals surface area contributed by atoms with Gasteiger partial charge in [-0.3, -0.25) is 0 Å². The van der Waals surface area contributed by atoms with Crippen LogP contribution in [0.15, 0.2) is 34.9 Å². The van der Waals surface area contributed by atoms with Gasteiger partial charge in [0.15, 0.2) is 11.6 Å². The molecule has 0 bridgehead atoms. The van der Waals surface area contributed by atoms with E-state index in [-0.39, 0.29) is 11.6 Å². The van der Waals surface area contributed by atoms with Crippen molar-refractivity contribution in [3.63, 3.8) is 0 Å². The molecule has 0 unspecified atom stereocenters. The Morgan fingerprint density at radius 2 is 2.17 bits per heavy atom. The minimum atomic E-state index is -0.366. The molecule has 0 amide bonds. The summed E-state index contributed by atoms with van der Waals surface area (Å²) < 4.78 is 14.4. The first-order valence-corrected chi connectivity index (χ1v) is 6.57. The molecule has 2 nitrogen and oxygen atoms in total. The highest BCUT2D eigenvalue weighted by Gasteiger charge is 2.09. The zero-order valence-electron chi connectivity index (χ0n) is 10.3. The molecule has 0 spiro atoms. The number of aryl methyl sites for hydroxylation is 2. The predicted octanol–water partition coefficient (Wildman–Crippen LogP) is 4.60. The first-order valence-electron chi connectivity index (χ1n) is 5.78. The van der Waals surface area contributed by atoms with Gasteiger partial charge in [-0.05, 0) is 46.5 Å². The van der Waals surface area contributed by atoms with Crippen LogP contribution in [-0.4, -0.2) is 4.98 Å². The van der Waals surface area contributed by atoms with E-state index in [1.54, 1.807) is 6.20 Å². The predicted molar refractivity (Wildman–Crippen MR) is 75.7 cm³/mol. The summed E-state index contributed by atoms with van der Waals surface area (Å²) in [5, 5.41) is 3.08. The van der Waals surface area contributed by atoms with Crippen LogP contribution in [0, 0.1) is 12.7 Å². The average molecular weight is 309 g/mol. The third kappa shape index (κ3) is 2.70. The van der Waals surface area contributed by atoms with Gasteiger partial charge in [0.25, 0.3) is 0 Å². The molecule has 0 aliphatic heterocycles. The van der Waals surface area contributed by atoms with E-state index < -0.39 is 0 Å². The molecule has 1 aromatic carbocycles. The second-order valence-corrected chi connectivity index (χ2v) is 4.99. The van der Waals surface area contributed by atoms with E-state index >= 15 is 0 Å². The molecule has 4 heteroatoms. The van der Waals surface area contributed by atoms with E-state index in [9.17, 15) is 4.39 Å². The Hall–Kier alpha value is -1.42. The van der Waals surface area contributed by atoms with Crippen LogP contribution in [0.4, 0.5) is 15.9 Å². The number of hydrogen-bond donors (Lipinski definition) is 1. The SMILES string of the molecule is CCc1cccc(C)c1Nc1ncc(Br)cc1F. The first-order chi connectivity index (χ1) is 8.61. The van der Waals surface area contributed by atoms with Gasteiger partial charge in [-0.1, -0.05) is 25.1 Å². The maximum atomic E-state index is 13.7. The average Bonchev–Trinajstić information content (AvgIpc) is 2.34. The monoisotopic (exact) mass is 308 g/mol. The highest BCUT2D eigenvalue weighted by molar-refractivity contribution is 9.10. The van der Waals surface area contributed by atoms with Gasteiger partial charge in [0.05, 0.1) is 0 Å². The highest BCUT2D eigenvalue weighted by atomic mass is 79.9. The number of pyridine rings is 1. The van der Waals surface area contributed by atoms with Gasteiger partial charge in [0, 0.05) is 16.4 Å². The van der Waals surface area contributed by atoms with E-state index in [1.807, 2.05) is 25.1 Å². The van der Waals surface area contributed by atoms with Crippen molar-refractivity contribution in [2.75, 3.05) is 5.32 Å². The van der Waals surface area contributed by atoms with E-state index in [2.05, 4.69) is 33.2 Å². The number of benzene rings is 1.